The lowest BCUT2D eigenvalue weighted by atomic mass is 10.0. The van der Waals surface area contributed by atoms with Gasteiger partial charge in [0.2, 0.25) is 0 Å². The highest BCUT2D eigenvalue weighted by Gasteiger charge is 2.23. The molecule has 2 aliphatic heterocycles. The molecule has 1 fully saturated rings. The molecule has 0 bridgehead atoms. The van der Waals surface area contributed by atoms with Gasteiger partial charge in [0.05, 0.1) is 6.61 Å². The quantitative estimate of drug-likeness (QED) is 0.902. The van der Waals surface area contributed by atoms with Crippen LogP contribution in [0.1, 0.15) is 24.0 Å². The minimum absolute atomic E-state index is 0.293. The van der Waals surface area contributed by atoms with Crippen molar-refractivity contribution in [3.8, 4) is 5.75 Å². The number of fused-ring (bicyclic) bond motifs is 1. The van der Waals surface area contributed by atoms with Crippen LogP contribution in [0.15, 0.2) is 18.2 Å². The molecule has 2 aliphatic rings. The Labute approximate surface area is 115 Å². The summed E-state index contributed by atoms with van der Waals surface area (Å²) in [4.78, 5) is 0. The maximum Gasteiger partial charge on any atom is 0.123 e. The first-order valence-corrected chi connectivity index (χ1v) is 7.36. The molecule has 2 atom stereocenters. The molecule has 19 heavy (non-hydrogen) atoms. The lowest BCUT2D eigenvalue weighted by Gasteiger charge is -2.23. The summed E-state index contributed by atoms with van der Waals surface area (Å²) in [6.07, 6.45) is 3.82. The van der Waals surface area contributed by atoms with Crippen molar-refractivity contribution in [3.63, 3.8) is 0 Å². The average Bonchev–Trinajstić information content (AvgIpc) is 2.82. The summed E-state index contributed by atoms with van der Waals surface area (Å²) >= 11 is 0. The number of nitrogens with one attached hydrogen (secondary N) is 1. The van der Waals surface area contributed by atoms with Crippen molar-refractivity contribution in [1.82, 2.24) is 5.32 Å². The molecule has 0 aliphatic carbocycles. The van der Waals surface area contributed by atoms with Gasteiger partial charge < -0.3 is 14.8 Å². The van der Waals surface area contributed by atoms with Gasteiger partial charge in [0.25, 0.3) is 0 Å². The summed E-state index contributed by atoms with van der Waals surface area (Å²) in [5.41, 5.74) is 2.67. The SMILES string of the molecule is Cc1ccc2c(c1)CC(CNCC1CCCOC1)O2. The number of hydrogen-bond donors (Lipinski definition) is 1. The molecular formula is C16H23NO2. The highest BCUT2D eigenvalue weighted by molar-refractivity contribution is 5.40. The molecule has 1 aromatic rings. The lowest BCUT2D eigenvalue weighted by molar-refractivity contribution is 0.0539. The van der Waals surface area contributed by atoms with Crippen LogP contribution in [0.25, 0.3) is 0 Å². The summed E-state index contributed by atoms with van der Waals surface area (Å²) in [5.74, 6) is 1.75. The van der Waals surface area contributed by atoms with Gasteiger partial charge in [-0.25, -0.2) is 0 Å². The van der Waals surface area contributed by atoms with E-state index in [0.29, 0.717) is 12.0 Å². The molecule has 0 radical (unpaired) electrons. The number of ether oxygens (including phenoxy) is 2. The first-order valence-electron chi connectivity index (χ1n) is 7.36. The van der Waals surface area contributed by atoms with Crippen LogP contribution >= 0.6 is 0 Å². The molecule has 0 aromatic heterocycles. The van der Waals surface area contributed by atoms with Crippen LogP contribution < -0.4 is 10.1 Å². The fourth-order valence-corrected chi connectivity index (χ4v) is 2.98. The van der Waals surface area contributed by atoms with Crippen LogP contribution in [0, 0.1) is 12.8 Å². The fraction of sp³-hybridized carbons (Fsp3) is 0.625. The molecular weight excluding hydrogens is 238 g/mol. The van der Waals surface area contributed by atoms with E-state index in [-0.39, 0.29) is 0 Å². The first-order chi connectivity index (χ1) is 9.31. The van der Waals surface area contributed by atoms with Gasteiger partial charge in [-0.2, -0.15) is 0 Å². The van der Waals surface area contributed by atoms with Crippen molar-refractivity contribution < 1.29 is 9.47 Å². The lowest BCUT2D eigenvalue weighted by Crippen LogP contribution is -2.35. The summed E-state index contributed by atoms with van der Waals surface area (Å²) in [5, 5.41) is 3.54. The monoisotopic (exact) mass is 261 g/mol. The van der Waals surface area contributed by atoms with Gasteiger partial charge in [-0.15, -0.1) is 0 Å². The topological polar surface area (TPSA) is 30.5 Å². The molecule has 0 amide bonds. The van der Waals surface area contributed by atoms with Crippen molar-refractivity contribution in [2.45, 2.75) is 32.3 Å². The second-order valence-corrected chi connectivity index (χ2v) is 5.80. The molecule has 104 valence electrons. The second kappa shape index (κ2) is 5.93. The Morgan fingerprint density at radius 3 is 3.11 bits per heavy atom. The van der Waals surface area contributed by atoms with Crippen molar-refractivity contribution in [2.75, 3.05) is 26.3 Å². The largest absolute Gasteiger partial charge is 0.488 e. The number of rotatable bonds is 4. The van der Waals surface area contributed by atoms with Gasteiger partial charge >= 0.3 is 0 Å². The third kappa shape index (κ3) is 3.28. The summed E-state index contributed by atoms with van der Waals surface area (Å²) in [6, 6.07) is 6.46. The summed E-state index contributed by atoms with van der Waals surface area (Å²) in [6.45, 7) is 5.98. The van der Waals surface area contributed by atoms with E-state index in [1.807, 2.05) is 0 Å². The molecule has 2 heterocycles. The zero-order valence-electron chi connectivity index (χ0n) is 11.7. The van der Waals surface area contributed by atoms with Gasteiger partial charge in [0.15, 0.2) is 0 Å². The highest BCUT2D eigenvalue weighted by atomic mass is 16.5. The number of benzene rings is 1. The van der Waals surface area contributed by atoms with E-state index in [1.54, 1.807) is 0 Å². The van der Waals surface area contributed by atoms with Gasteiger partial charge in [-0.1, -0.05) is 17.7 Å². The molecule has 2 unspecified atom stereocenters. The normalized spacial score (nSPS) is 25.9. The van der Waals surface area contributed by atoms with E-state index in [4.69, 9.17) is 9.47 Å². The average molecular weight is 261 g/mol. The van der Waals surface area contributed by atoms with Crippen molar-refractivity contribution in [3.05, 3.63) is 29.3 Å². The molecule has 3 heteroatoms. The summed E-state index contributed by atoms with van der Waals surface area (Å²) in [7, 11) is 0. The van der Waals surface area contributed by atoms with Crippen molar-refractivity contribution in [1.29, 1.82) is 0 Å². The fourth-order valence-electron chi connectivity index (χ4n) is 2.98. The Morgan fingerprint density at radius 2 is 2.26 bits per heavy atom. The predicted octanol–water partition coefficient (Wildman–Crippen LogP) is 2.31. The van der Waals surface area contributed by atoms with E-state index in [9.17, 15) is 0 Å². The van der Waals surface area contributed by atoms with Crippen LogP contribution in [0.4, 0.5) is 0 Å². The van der Waals surface area contributed by atoms with Crippen LogP contribution in [0.2, 0.25) is 0 Å². The molecule has 3 nitrogen and oxygen atoms in total. The zero-order valence-corrected chi connectivity index (χ0v) is 11.7. The van der Waals surface area contributed by atoms with Gasteiger partial charge in [-0.3, -0.25) is 0 Å². The van der Waals surface area contributed by atoms with E-state index in [0.717, 1.165) is 38.5 Å². The van der Waals surface area contributed by atoms with Crippen LogP contribution in [-0.4, -0.2) is 32.4 Å². The second-order valence-electron chi connectivity index (χ2n) is 5.80. The molecule has 1 aromatic carbocycles. The first kappa shape index (κ1) is 12.9. The van der Waals surface area contributed by atoms with Crippen LogP contribution in [0.3, 0.4) is 0 Å². The van der Waals surface area contributed by atoms with Gasteiger partial charge in [0, 0.05) is 26.1 Å². The Hall–Kier alpha value is -1.06. The predicted molar refractivity (Wildman–Crippen MR) is 75.7 cm³/mol. The van der Waals surface area contributed by atoms with E-state index < -0.39 is 0 Å². The van der Waals surface area contributed by atoms with E-state index >= 15 is 0 Å². The van der Waals surface area contributed by atoms with Gasteiger partial charge in [0.1, 0.15) is 11.9 Å². The van der Waals surface area contributed by atoms with Crippen LogP contribution in [0.5, 0.6) is 5.75 Å². The Balaban J connectivity index is 1.43. The molecule has 1 saturated heterocycles. The smallest absolute Gasteiger partial charge is 0.123 e. The van der Waals surface area contributed by atoms with Gasteiger partial charge in [-0.05, 0) is 37.3 Å². The minimum atomic E-state index is 0.293. The molecule has 0 spiro atoms. The summed E-state index contributed by atoms with van der Waals surface area (Å²) < 4.78 is 11.5. The Bertz CT molecular complexity index is 427. The maximum atomic E-state index is 5.96. The highest BCUT2D eigenvalue weighted by Crippen LogP contribution is 2.29. The molecule has 1 N–H and O–H groups in total. The minimum Gasteiger partial charge on any atom is -0.488 e. The number of hydrogen-bond acceptors (Lipinski definition) is 3. The third-order valence-corrected chi connectivity index (χ3v) is 4.02. The van der Waals surface area contributed by atoms with Crippen molar-refractivity contribution in [2.24, 2.45) is 5.92 Å². The zero-order chi connectivity index (χ0) is 13.1. The molecule has 0 saturated carbocycles. The van der Waals surface area contributed by atoms with E-state index in [1.165, 1.54) is 24.0 Å². The maximum absolute atomic E-state index is 5.96. The standard InChI is InChI=1S/C16H23NO2/c1-12-4-5-16-14(7-12)8-15(19-16)10-17-9-13-3-2-6-18-11-13/h4-5,7,13,15,17H,2-3,6,8-11H2,1H3. The third-order valence-electron chi connectivity index (χ3n) is 4.02. The Kier molecular flexibility index (Phi) is 4.04. The Morgan fingerprint density at radius 1 is 1.32 bits per heavy atom. The van der Waals surface area contributed by atoms with E-state index in [2.05, 4.69) is 30.4 Å². The number of aryl methyl sites for hydroxylation is 1. The van der Waals surface area contributed by atoms with Crippen molar-refractivity contribution >= 4 is 0 Å². The molecule has 3 rings (SSSR count). The van der Waals surface area contributed by atoms with Crippen LogP contribution in [-0.2, 0) is 11.2 Å².